The van der Waals surface area contributed by atoms with Crippen LogP contribution in [0.2, 0.25) is 0 Å². The molecule has 0 amide bonds. The predicted octanol–water partition coefficient (Wildman–Crippen LogP) is 1.72. The van der Waals surface area contributed by atoms with Gasteiger partial charge in [-0.25, -0.2) is 4.98 Å². The van der Waals surface area contributed by atoms with Crippen LogP contribution in [0.5, 0.6) is 0 Å². The van der Waals surface area contributed by atoms with Crippen LogP contribution in [0.4, 0.5) is 11.5 Å². The van der Waals surface area contributed by atoms with E-state index in [1.165, 1.54) is 0 Å². The molecule has 17 heavy (non-hydrogen) atoms. The first kappa shape index (κ1) is 12.2. The van der Waals surface area contributed by atoms with Gasteiger partial charge in [0.2, 0.25) is 0 Å². The lowest BCUT2D eigenvalue weighted by molar-refractivity contribution is 0.103. The number of aliphatic hydroxyl groups is 1. The summed E-state index contributed by atoms with van der Waals surface area (Å²) >= 11 is 0. The zero-order valence-corrected chi connectivity index (χ0v) is 10.6. The van der Waals surface area contributed by atoms with Crippen LogP contribution in [-0.2, 0) is 0 Å². The van der Waals surface area contributed by atoms with Gasteiger partial charge < -0.3 is 15.3 Å². The van der Waals surface area contributed by atoms with Crippen LogP contribution in [0.3, 0.4) is 0 Å². The highest BCUT2D eigenvalue weighted by molar-refractivity contribution is 5.54. The molecule has 1 aromatic rings. The molecule has 4 nitrogen and oxygen atoms in total. The molecule has 4 heteroatoms. The van der Waals surface area contributed by atoms with Crippen LogP contribution in [0, 0.1) is 5.92 Å². The number of aromatic nitrogens is 1. The van der Waals surface area contributed by atoms with Crippen LogP contribution >= 0.6 is 0 Å². The average molecular weight is 235 g/mol. The van der Waals surface area contributed by atoms with Crippen LogP contribution in [0.15, 0.2) is 18.3 Å². The Bertz CT molecular complexity index is 369. The highest BCUT2D eigenvalue weighted by Gasteiger charge is 2.24. The van der Waals surface area contributed by atoms with Gasteiger partial charge in [0.05, 0.1) is 6.10 Å². The number of nitrogens with one attached hydrogen (secondary N) is 1. The SMILES string of the molecule is CCNc1cc(N2CCC(C)C(O)C2)ccn1. The second-order valence-corrected chi connectivity index (χ2v) is 4.71. The summed E-state index contributed by atoms with van der Waals surface area (Å²) in [6, 6.07) is 4.05. The third-order valence-corrected chi connectivity index (χ3v) is 3.39. The Balaban J connectivity index is 2.09. The third-order valence-electron chi connectivity index (χ3n) is 3.39. The van der Waals surface area contributed by atoms with E-state index in [-0.39, 0.29) is 6.10 Å². The van der Waals surface area contributed by atoms with Crippen molar-refractivity contribution in [2.45, 2.75) is 26.4 Å². The molecule has 0 spiro atoms. The average Bonchev–Trinajstić information content (AvgIpc) is 2.33. The lowest BCUT2D eigenvalue weighted by Crippen LogP contribution is -2.42. The van der Waals surface area contributed by atoms with Gasteiger partial charge in [-0.05, 0) is 25.3 Å². The lowest BCUT2D eigenvalue weighted by atomic mass is 9.96. The summed E-state index contributed by atoms with van der Waals surface area (Å²) in [5.74, 6) is 1.31. The smallest absolute Gasteiger partial charge is 0.127 e. The number of hydrogen-bond donors (Lipinski definition) is 2. The summed E-state index contributed by atoms with van der Waals surface area (Å²) in [4.78, 5) is 6.49. The van der Waals surface area contributed by atoms with E-state index in [9.17, 15) is 5.11 Å². The van der Waals surface area contributed by atoms with Crippen molar-refractivity contribution in [2.24, 2.45) is 5.92 Å². The number of nitrogens with zero attached hydrogens (tertiary/aromatic N) is 2. The maximum atomic E-state index is 9.91. The number of anilines is 2. The summed E-state index contributed by atoms with van der Waals surface area (Å²) in [5, 5.41) is 13.1. The fourth-order valence-electron chi connectivity index (χ4n) is 2.18. The van der Waals surface area contributed by atoms with Crippen LogP contribution < -0.4 is 10.2 Å². The van der Waals surface area contributed by atoms with E-state index in [1.54, 1.807) is 0 Å². The maximum absolute atomic E-state index is 9.91. The summed E-state index contributed by atoms with van der Waals surface area (Å²) in [5.41, 5.74) is 1.14. The summed E-state index contributed by atoms with van der Waals surface area (Å²) in [7, 11) is 0. The van der Waals surface area contributed by atoms with E-state index in [2.05, 4.69) is 29.0 Å². The van der Waals surface area contributed by atoms with Crippen molar-refractivity contribution in [3.05, 3.63) is 18.3 Å². The van der Waals surface area contributed by atoms with Gasteiger partial charge in [0, 0.05) is 37.6 Å². The van der Waals surface area contributed by atoms with Crippen LogP contribution in [-0.4, -0.2) is 35.8 Å². The molecule has 0 bridgehead atoms. The minimum absolute atomic E-state index is 0.223. The molecule has 94 valence electrons. The number of rotatable bonds is 3. The van der Waals surface area contributed by atoms with Crippen molar-refractivity contribution in [3.8, 4) is 0 Å². The first-order chi connectivity index (χ1) is 8.20. The molecule has 1 fully saturated rings. The molecule has 2 atom stereocenters. The van der Waals surface area contributed by atoms with Gasteiger partial charge in [0.25, 0.3) is 0 Å². The summed E-state index contributed by atoms with van der Waals surface area (Å²) in [6.45, 7) is 6.76. The number of pyridine rings is 1. The number of β-amino-alcohol motifs (C(OH)–C–C–N with tert-alkyl or cyclic N) is 1. The highest BCUT2D eigenvalue weighted by atomic mass is 16.3. The minimum atomic E-state index is -0.223. The Hall–Kier alpha value is -1.29. The monoisotopic (exact) mass is 235 g/mol. The Kier molecular flexibility index (Phi) is 3.84. The fraction of sp³-hybridized carbons (Fsp3) is 0.615. The normalized spacial score (nSPS) is 24.8. The topological polar surface area (TPSA) is 48.4 Å². The molecule has 1 aromatic heterocycles. The number of piperidine rings is 1. The zero-order valence-electron chi connectivity index (χ0n) is 10.6. The molecule has 2 unspecified atom stereocenters. The first-order valence-electron chi connectivity index (χ1n) is 6.33. The lowest BCUT2D eigenvalue weighted by Gasteiger charge is -2.35. The molecule has 2 heterocycles. The van der Waals surface area contributed by atoms with Crippen molar-refractivity contribution >= 4 is 11.5 Å². The van der Waals surface area contributed by atoms with Crippen molar-refractivity contribution in [1.29, 1.82) is 0 Å². The Labute approximate surface area is 103 Å². The second kappa shape index (κ2) is 5.36. The van der Waals surface area contributed by atoms with E-state index in [0.29, 0.717) is 5.92 Å². The number of aliphatic hydroxyl groups excluding tert-OH is 1. The first-order valence-corrected chi connectivity index (χ1v) is 6.33. The molecule has 0 aliphatic carbocycles. The van der Waals surface area contributed by atoms with Gasteiger partial charge in [-0.2, -0.15) is 0 Å². The zero-order chi connectivity index (χ0) is 12.3. The molecular formula is C13H21N3O. The van der Waals surface area contributed by atoms with Gasteiger partial charge in [-0.1, -0.05) is 6.92 Å². The quantitative estimate of drug-likeness (QED) is 0.837. The molecule has 1 aliphatic rings. The van der Waals surface area contributed by atoms with Crippen LogP contribution in [0.1, 0.15) is 20.3 Å². The van der Waals surface area contributed by atoms with Gasteiger partial charge in [0.15, 0.2) is 0 Å². The van der Waals surface area contributed by atoms with E-state index < -0.39 is 0 Å². The van der Waals surface area contributed by atoms with E-state index in [4.69, 9.17) is 0 Å². The number of hydrogen-bond acceptors (Lipinski definition) is 4. The molecule has 2 N–H and O–H groups in total. The second-order valence-electron chi connectivity index (χ2n) is 4.71. The van der Waals surface area contributed by atoms with Gasteiger partial charge in [-0.3, -0.25) is 0 Å². The van der Waals surface area contributed by atoms with Crippen molar-refractivity contribution in [1.82, 2.24) is 4.98 Å². The van der Waals surface area contributed by atoms with Crippen molar-refractivity contribution < 1.29 is 5.11 Å². The van der Waals surface area contributed by atoms with Crippen molar-refractivity contribution in [2.75, 3.05) is 29.9 Å². The summed E-state index contributed by atoms with van der Waals surface area (Å²) in [6.07, 6.45) is 2.64. The van der Waals surface area contributed by atoms with E-state index >= 15 is 0 Å². The molecule has 2 rings (SSSR count). The third kappa shape index (κ3) is 2.88. The largest absolute Gasteiger partial charge is 0.391 e. The van der Waals surface area contributed by atoms with Gasteiger partial charge in [-0.15, -0.1) is 0 Å². The Morgan fingerprint density at radius 1 is 1.59 bits per heavy atom. The van der Waals surface area contributed by atoms with Gasteiger partial charge in [0.1, 0.15) is 5.82 Å². The molecule has 0 aromatic carbocycles. The highest BCUT2D eigenvalue weighted by Crippen LogP contribution is 2.24. The molecule has 0 saturated carbocycles. The maximum Gasteiger partial charge on any atom is 0.127 e. The van der Waals surface area contributed by atoms with Crippen LogP contribution in [0.25, 0.3) is 0 Å². The minimum Gasteiger partial charge on any atom is -0.391 e. The fourth-order valence-corrected chi connectivity index (χ4v) is 2.18. The predicted molar refractivity (Wildman–Crippen MR) is 70.4 cm³/mol. The Morgan fingerprint density at radius 2 is 2.41 bits per heavy atom. The molecular weight excluding hydrogens is 214 g/mol. The molecule has 0 radical (unpaired) electrons. The van der Waals surface area contributed by atoms with E-state index in [1.807, 2.05) is 18.3 Å². The van der Waals surface area contributed by atoms with Crippen molar-refractivity contribution in [3.63, 3.8) is 0 Å². The Morgan fingerprint density at radius 3 is 3.12 bits per heavy atom. The van der Waals surface area contributed by atoms with E-state index in [0.717, 1.165) is 37.6 Å². The van der Waals surface area contributed by atoms with Gasteiger partial charge >= 0.3 is 0 Å². The molecule has 1 aliphatic heterocycles. The standard InChI is InChI=1S/C13H21N3O/c1-3-14-13-8-11(4-6-15-13)16-7-5-10(2)12(17)9-16/h4,6,8,10,12,17H,3,5,7,9H2,1-2H3,(H,14,15). The summed E-state index contributed by atoms with van der Waals surface area (Å²) < 4.78 is 0. The molecule has 1 saturated heterocycles.